The molecule has 0 saturated heterocycles. The molecule has 1 aromatic rings. The fourth-order valence-corrected chi connectivity index (χ4v) is 1.50. The maximum atomic E-state index is 11.7. The van der Waals surface area contributed by atoms with E-state index in [4.69, 9.17) is 5.26 Å². The molecule has 1 rings (SSSR count). The predicted molar refractivity (Wildman–Crippen MR) is 59.9 cm³/mol. The van der Waals surface area contributed by atoms with Crippen LogP contribution in [-0.4, -0.2) is 22.6 Å². The molecule has 0 aromatic carbocycles. The lowest BCUT2D eigenvalue weighted by molar-refractivity contribution is 0.0952. The van der Waals surface area contributed by atoms with E-state index in [2.05, 4.69) is 21.6 Å². The Balaban J connectivity index is 2.39. The van der Waals surface area contributed by atoms with Gasteiger partial charge in [-0.05, 0) is 26.7 Å². The molecule has 0 atom stereocenters. The van der Waals surface area contributed by atoms with Gasteiger partial charge in [-0.1, -0.05) is 0 Å². The zero-order chi connectivity index (χ0) is 12.0. The van der Waals surface area contributed by atoms with Gasteiger partial charge >= 0.3 is 0 Å². The molecule has 5 heteroatoms. The predicted octanol–water partition coefficient (Wildman–Crippen LogP) is 1.45. The topological polar surface area (TPSA) is 81.6 Å². The third kappa shape index (κ3) is 3.09. The molecule has 5 nitrogen and oxygen atoms in total. The second kappa shape index (κ2) is 5.91. The molecule has 2 N–H and O–H groups in total. The van der Waals surface area contributed by atoms with Gasteiger partial charge in [-0.2, -0.15) is 10.4 Å². The van der Waals surface area contributed by atoms with Crippen molar-refractivity contribution in [2.75, 3.05) is 6.54 Å². The lowest BCUT2D eigenvalue weighted by Gasteiger charge is -2.04. The van der Waals surface area contributed by atoms with Gasteiger partial charge < -0.3 is 5.32 Å². The summed E-state index contributed by atoms with van der Waals surface area (Å²) in [7, 11) is 0. The minimum atomic E-state index is -0.0966. The molecule has 0 fully saturated rings. The number of carbonyl (C=O) groups is 1. The number of hydrogen-bond acceptors (Lipinski definition) is 3. The molecule has 0 aliphatic heterocycles. The van der Waals surface area contributed by atoms with E-state index in [1.54, 1.807) is 6.92 Å². The second-order valence-corrected chi connectivity index (χ2v) is 3.68. The maximum Gasteiger partial charge on any atom is 0.255 e. The van der Waals surface area contributed by atoms with E-state index in [-0.39, 0.29) is 5.91 Å². The number of amides is 1. The Bertz CT molecular complexity index is 383. The maximum absolute atomic E-state index is 11.7. The van der Waals surface area contributed by atoms with Crippen LogP contribution in [0.4, 0.5) is 0 Å². The van der Waals surface area contributed by atoms with Crippen molar-refractivity contribution >= 4 is 5.91 Å². The van der Waals surface area contributed by atoms with Crippen LogP contribution in [0.3, 0.4) is 0 Å². The average Bonchev–Trinajstić information content (AvgIpc) is 2.58. The van der Waals surface area contributed by atoms with Gasteiger partial charge in [0.05, 0.1) is 17.3 Å². The van der Waals surface area contributed by atoms with Crippen molar-refractivity contribution in [1.29, 1.82) is 5.26 Å². The van der Waals surface area contributed by atoms with E-state index >= 15 is 0 Å². The van der Waals surface area contributed by atoms with E-state index in [9.17, 15) is 4.79 Å². The van der Waals surface area contributed by atoms with Crippen LogP contribution in [-0.2, 0) is 0 Å². The highest BCUT2D eigenvalue weighted by Crippen LogP contribution is 2.08. The summed E-state index contributed by atoms with van der Waals surface area (Å²) in [6.45, 7) is 4.23. The van der Waals surface area contributed by atoms with Gasteiger partial charge in [-0.25, -0.2) is 0 Å². The third-order valence-corrected chi connectivity index (χ3v) is 2.36. The Morgan fingerprint density at radius 3 is 2.81 bits per heavy atom. The third-order valence-electron chi connectivity index (χ3n) is 2.36. The molecule has 0 spiro atoms. The number of carbonyl (C=O) groups excluding carboxylic acids is 1. The second-order valence-electron chi connectivity index (χ2n) is 3.68. The van der Waals surface area contributed by atoms with E-state index < -0.39 is 0 Å². The van der Waals surface area contributed by atoms with Crippen LogP contribution in [0.5, 0.6) is 0 Å². The zero-order valence-electron chi connectivity index (χ0n) is 9.63. The summed E-state index contributed by atoms with van der Waals surface area (Å²) in [6.07, 6.45) is 2.19. The summed E-state index contributed by atoms with van der Waals surface area (Å²) in [5, 5.41) is 17.9. The largest absolute Gasteiger partial charge is 0.352 e. The van der Waals surface area contributed by atoms with Gasteiger partial charge in [0.1, 0.15) is 0 Å². The fraction of sp³-hybridized carbons (Fsp3) is 0.545. The molecular formula is C11H16N4O. The number of aromatic nitrogens is 2. The van der Waals surface area contributed by atoms with Crippen molar-refractivity contribution in [2.24, 2.45) is 0 Å². The van der Waals surface area contributed by atoms with Crippen molar-refractivity contribution in [2.45, 2.75) is 33.1 Å². The van der Waals surface area contributed by atoms with Crippen molar-refractivity contribution in [3.63, 3.8) is 0 Å². The number of hydrogen-bond donors (Lipinski definition) is 2. The summed E-state index contributed by atoms with van der Waals surface area (Å²) in [5.41, 5.74) is 2.12. The summed E-state index contributed by atoms with van der Waals surface area (Å²) in [5.74, 6) is -0.0966. The van der Waals surface area contributed by atoms with Crippen LogP contribution in [0, 0.1) is 25.2 Å². The smallest absolute Gasteiger partial charge is 0.255 e. The number of nitrogens with one attached hydrogen (secondary N) is 2. The summed E-state index contributed by atoms with van der Waals surface area (Å²) < 4.78 is 0. The zero-order valence-corrected chi connectivity index (χ0v) is 9.63. The highest BCUT2D eigenvalue weighted by atomic mass is 16.1. The molecule has 0 unspecified atom stereocenters. The van der Waals surface area contributed by atoms with Crippen LogP contribution in [0.15, 0.2) is 0 Å². The van der Waals surface area contributed by atoms with Gasteiger partial charge in [0.15, 0.2) is 0 Å². The Kier molecular flexibility index (Phi) is 4.52. The highest BCUT2D eigenvalue weighted by molar-refractivity contribution is 5.96. The Labute approximate surface area is 94.9 Å². The van der Waals surface area contributed by atoms with E-state index in [0.717, 1.165) is 18.5 Å². The normalized spacial score (nSPS) is 9.81. The number of H-pyrrole nitrogens is 1. The summed E-state index contributed by atoms with van der Waals surface area (Å²) in [4.78, 5) is 11.7. The monoisotopic (exact) mass is 220 g/mol. The number of unbranched alkanes of at least 4 members (excludes halogenated alkanes) is 2. The van der Waals surface area contributed by atoms with E-state index in [0.29, 0.717) is 24.2 Å². The van der Waals surface area contributed by atoms with Gasteiger partial charge in [-0.3, -0.25) is 9.89 Å². The van der Waals surface area contributed by atoms with Crippen LogP contribution in [0.25, 0.3) is 0 Å². The molecule has 0 aliphatic carbocycles. The molecule has 1 aromatic heterocycles. The Morgan fingerprint density at radius 2 is 2.25 bits per heavy atom. The SMILES string of the molecule is Cc1n[nH]c(C)c1C(=O)NCCCCC#N. The standard InChI is InChI=1S/C11H16N4O/c1-8-10(9(2)15-14-8)11(16)13-7-5-3-4-6-12/h3-5,7H2,1-2H3,(H,13,16)(H,14,15). The molecule has 1 amide bonds. The van der Waals surface area contributed by atoms with Crippen molar-refractivity contribution in [1.82, 2.24) is 15.5 Å². The Hall–Kier alpha value is -1.83. The van der Waals surface area contributed by atoms with Crippen molar-refractivity contribution in [3.8, 4) is 6.07 Å². The first kappa shape index (κ1) is 12.2. The molecule has 16 heavy (non-hydrogen) atoms. The molecule has 0 saturated carbocycles. The lowest BCUT2D eigenvalue weighted by Crippen LogP contribution is -2.25. The van der Waals surface area contributed by atoms with E-state index in [1.807, 2.05) is 6.92 Å². The van der Waals surface area contributed by atoms with Crippen LogP contribution in [0.2, 0.25) is 0 Å². The quantitative estimate of drug-likeness (QED) is 0.737. The lowest BCUT2D eigenvalue weighted by atomic mass is 10.2. The first-order valence-electron chi connectivity index (χ1n) is 5.33. The first-order valence-corrected chi connectivity index (χ1v) is 5.33. The van der Waals surface area contributed by atoms with Crippen LogP contribution in [0.1, 0.15) is 41.0 Å². The number of aromatic amines is 1. The Morgan fingerprint density at radius 1 is 1.50 bits per heavy atom. The molecule has 0 aliphatic rings. The summed E-state index contributed by atoms with van der Waals surface area (Å²) >= 11 is 0. The molecule has 0 bridgehead atoms. The van der Waals surface area contributed by atoms with Crippen molar-refractivity contribution < 1.29 is 4.79 Å². The van der Waals surface area contributed by atoms with Gasteiger partial charge in [0.2, 0.25) is 0 Å². The number of aryl methyl sites for hydroxylation is 2. The molecule has 1 heterocycles. The minimum absolute atomic E-state index is 0.0966. The van der Waals surface area contributed by atoms with E-state index in [1.165, 1.54) is 0 Å². The van der Waals surface area contributed by atoms with Crippen LogP contribution < -0.4 is 5.32 Å². The van der Waals surface area contributed by atoms with Crippen LogP contribution >= 0.6 is 0 Å². The summed E-state index contributed by atoms with van der Waals surface area (Å²) in [6, 6.07) is 2.07. The first-order chi connectivity index (χ1) is 7.66. The molecule has 0 radical (unpaired) electrons. The number of nitrogens with zero attached hydrogens (tertiary/aromatic N) is 2. The number of rotatable bonds is 5. The van der Waals surface area contributed by atoms with Gasteiger partial charge in [0, 0.05) is 18.7 Å². The van der Waals surface area contributed by atoms with Crippen molar-refractivity contribution in [3.05, 3.63) is 17.0 Å². The molecule has 86 valence electrons. The number of nitriles is 1. The highest BCUT2D eigenvalue weighted by Gasteiger charge is 2.13. The fourth-order valence-electron chi connectivity index (χ4n) is 1.50. The van der Waals surface area contributed by atoms with Gasteiger partial charge in [0.25, 0.3) is 5.91 Å². The van der Waals surface area contributed by atoms with Gasteiger partial charge in [-0.15, -0.1) is 0 Å². The minimum Gasteiger partial charge on any atom is -0.352 e. The average molecular weight is 220 g/mol. The molecular weight excluding hydrogens is 204 g/mol.